The zero-order valence-corrected chi connectivity index (χ0v) is 16.7. The first-order valence-electron chi connectivity index (χ1n) is 8.67. The fraction of sp³-hybridized carbons (Fsp3) is 0.947. The Morgan fingerprint density at radius 2 is 1.50 bits per heavy atom. The van der Waals surface area contributed by atoms with E-state index in [-0.39, 0.29) is 17.4 Å². The standard InChI is InChI=1S/C19H39NO2/c1-11-17(4,5)13-19(8,12-2)14-18(6,7)22-16(21)15(3)20(9)10/h15H,11-14H2,1-10H3. The van der Waals surface area contributed by atoms with Crippen molar-refractivity contribution in [2.24, 2.45) is 10.8 Å². The zero-order chi connectivity index (χ0) is 17.8. The first kappa shape index (κ1) is 21.4. The number of carbonyl (C=O) groups is 1. The van der Waals surface area contributed by atoms with Crippen LogP contribution < -0.4 is 0 Å². The van der Waals surface area contributed by atoms with Gasteiger partial charge in [0.2, 0.25) is 0 Å². The number of esters is 1. The first-order valence-corrected chi connectivity index (χ1v) is 8.67. The molecule has 0 bridgehead atoms. The molecular weight excluding hydrogens is 274 g/mol. The maximum Gasteiger partial charge on any atom is 0.323 e. The molecule has 0 saturated heterocycles. The molecule has 0 radical (unpaired) electrons. The Balaban J connectivity index is 4.95. The molecule has 0 amide bonds. The van der Waals surface area contributed by atoms with Crippen LogP contribution in [0.5, 0.6) is 0 Å². The number of hydrogen-bond acceptors (Lipinski definition) is 3. The highest BCUT2D eigenvalue weighted by Crippen LogP contribution is 2.44. The smallest absolute Gasteiger partial charge is 0.323 e. The summed E-state index contributed by atoms with van der Waals surface area (Å²) in [5.74, 6) is -0.136. The van der Waals surface area contributed by atoms with Crippen LogP contribution >= 0.6 is 0 Å². The Bertz CT molecular complexity index is 360. The summed E-state index contributed by atoms with van der Waals surface area (Å²) in [6, 6.07) is -0.209. The highest BCUT2D eigenvalue weighted by Gasteiger charge is 2.38. The van der Waals surface area contributed by atoms with Gasteiger partial charge < -0.3 is 4.74 Å². The first-order chi connectivity index (χ1) is 9.77. The topological polar surface area (TPSA) is 29.5 Å². The third-order valence-electron chi connectivity index (χ3n) is 5.06. The van der Waals surface area contributed by atoms with E-state index in [0.29, 0.717) is 5.41 Å². The van der Waals surface area contributed by atoms with Gasteiger partial charge >= 0.3 is 5.97 Å². The second-order valence-electron chi connectivity index (χ2n) is 8.86. The van der Waals surface area contributed by atoms with E-state index in [1.165, 1.54) is 6.42 Å². The molecule has 0 fully saturated rings. The van der Waals surface area contributed by atoms with Gasteiger partial charge in [-0.3, -0.25) is 9.69 Å². The summed E-state index contributed by atoms with van der Waals surface area (Å²) >= 11 is 0. The van der Waals surface area contributed by atoms with Gasteiger partial charge in [0.05, 0.1) is 0 Å². The van der Waals surface area contributed by atoms with Crippen LogP contribution in [0.2, 0.25) is 0 Å². The van der Waals surface area contributed by atoms with Crippen LogP contribution in [0.15, 0.2) is 0 Å². The third kappa shape index (κ3) is 7.13. The summed E-state index contributed by atoms with van der Waals surface area (Å²) in [6.45, 7) is 17.4. The quantitative estimate of drug-likeness (QED) is 0.568. The van der Waals surface area contributed by atoms with E-state index in [1.807, 2.05) is 39.8 Å². The lowest BCUT2D eigenvalue weighted by molar-refractivity contribution is -0.164. The Morgan fingerprint density at radius 1 is 1.00 bits per heavy atom. The molecule has 0 saturated carbocycles. The van der Waals surface area contributed by atoms with E-state index >= 15 is 0 Å². The zero-order valence-electron chi connectivity index (χ0n) is 16.7. The molecule has 0 heterocycles. The average molecular weight is 314 g/mol. The second-order valence-corrected chi connectivity index (χ2v) is 8.86. The molecule has 22 heavy (non-hydrogen) atoms. The van der Waals surface area contributed by atoms with Gasteiger partial charge in [-0.25, -0.2) is 0 Å². The van der Waals surface area contributed by atoms with Gasteiger partial charge in [-0.2, -0.15) is 0 Å². The van der Waals surface area contributed by atoms with Crippen molar-refractivity contribution in [2.75, 3.05) is 14.1 Å². The molecule has 2 unspecified atom stereocenters. The second kappa shape index (κ2) is 7.81. The summed E-state index contributed by atoms with van der Waals surface area (Å²) in [6.07, 6.45) is 4.31. The number of nitrogens with zero attached hydrogens (tertiary/aromatic N) is 1. The van der Waals surface area contributed by atoms with E-state index in [1.54, 1.807) is 0 Å². The number of ether oxygens (including phenoxy) is 1. The van der Waals surface area contributed by atoms with Gasteiger partial charge in [0.25, 0.3) is 0 Å². The molecule has 0 aromatic rings. The number of rotatable bonds is 9. The molecule has 3 heteroatoms. The lowest BCUT2D eigenvalue weighted by Crippen LogP contribution is -2.42. The maximum absolute atomic E-state index is 12.3. The number of hydrogen-bond donors (Lipinski definition) is 0. The van der Waals surface area contributed by atoms with Gasteiger partial charge in [0.15, 0.2) is 0 Å². The third-order valence-corrected chi connectivity index (χ3v) is 5.06. The summed E-state index contributed by atoms with van der Waals surface area (Å²) in [4.78, 5) is 14.1. The predicted octanol–water partition coefficient (Wildman–Crippen LogP) is 4.89. The van der Waals surface area contributed by atoms with Crippen LogP contribution in [-0.4, -0.2) is 36.6 Å². The van der Waals surface area contributed by atoms with Crippen LogP contribution in [0.3, 0.4) is 0 Å². The summed E-state index contributed by atoms with van der Waals surface area (Å²) in [7, 11) is 3.80. The molecular formula is C19H39NO2. The van der Waals surface area contributed by atoms with Gasteiger partial charge in [-0.15, -0.1) is 0 Å². The summed E-state index contributed by atoms with van der Waals surface area (Å²) < 4.78 is 5.83. The van der Waals surface area contributed by atoms with Crippen molar-refractivity contribution in [3.05, 3.63) is 0 Å². The number of likely N-dealkylation sites (N-methyl/N-ethyl adjacent to an activating group) is 1. The van der Waals surface area contributed by atoms with Crippen molar-refractivity contribution in [2.45, 2.75) is 92.7 Å². The summed E-state index contributed by atoms with van der Waals surface area (Å²) in [5.41, 5.74) is 0.0718. The van der Waals surface area contributed by atoms with Crippen molar-refractivity contribution >= 4 is 5.97 Å². The molecule has 0 rings (SSSR count). The minimum Gasteiger partial charge on any atom is -0.458 e. The van der Waals surface area contributed by atoms with Crippen molar-refractivity contribution in [1.29, 1.82) is 0 Å². The van der Waals surface area contributed by atoms with Gasteiger partial charge in [0.1, 0.15) is 11.6 Å². The van der Waals surface area contributed by atoms with Crippen molar-refractivity contribution in [3.8, 4) is 0 Å². The molecule has 0 aromatic carbocycles. The minimum atomic E-state index is -0.435. The molecule has 0 N–H and O–H groups in total. The lowest BCUT2D eigenvalue weighted by atomic mass is 9.67. The van der Waals surface area contributed by atoms with Crippen molar-refractivity contribution in [3.63, 3.8) is 0 Å². The normalized spacial score (nSPS) is 17.2. The molecule has 2 atom stereocenters. The molecule has 0 aliphatic rings. The molecule has 0 aromatic heterocycles. The van der Waals surface area contributed by atoms with Crippen molar-refractivity contribution in [1.82, 2.24) is 4.90 Å². The Kier molecular flexibility index (Phi) is 7.61. The van der Waals surface area contributed by atoms with Gasteiger partial charge in [-0.05, 0) is 58.5 Å². The molecule has 0 spiro atoms. The highest BCUT2D eigenvalue weighted by atomic mass is 16.6. The molecule has 3 nitrogen and oxygen atoms in total. The number of carbonyl (C=O) groups excluding carboxylic acids is 1. The average Bonchev–Trinajstić information content (AvgIpc) is 2.35. The lowest BCUT2D eigenvalue weighted by Gasteiger charge is -2.41. The van der Waals surface area contributed by atoms with Crippen LogP contribution in [0.1, 0.15) is 81.1 Å². The Morgan fingerprint density at radius 3 is 1.86 bits per heavy atom. The van der Waals surface area contributed by atoms with Gasteiger partial charge in [-0.1, -0.05) is 47.5 Å². The van der Waals surface area contributed by atoms with E-state index in [4.69, 9.17) is 4.74 Å². The Hall–Kier alpha value is -0.570. The van der Waals surface area contributed by atoms with Crippen LogP contribution in [0, 0.1) is 10.8 Å². The predicted molar refractivity (Wildman–Crippen MR) is 95.0 cm³/mol. The van der Waals surface area contributed by atoms with Crippen molar-refractivity contribution < 1.29 is 9.53 Å². The maximum atomic E-state index is 12.3. The van der Waals surface area contributed by atoms with Gasteiger partial charge in [0, 0.05) is 0 Å². The van der Waals surface area contributed by atoms with E-state index in [0.717, 1.165) is 19.3 Å². The molecule has 0 aliphatic carbocycles. The van der Waals surface area contributed by atoms with Crippen LogP contribution in [0.4, 0.5) is 0 Å². The minimum absolute atomic E-state index is 0.136. The molecule has 0 aliphatic heterocycles. The Labute approximate surface area is 138 Å². The van der Waals surface area contributed by atoms with E-state index in [2.05, 4.69) is 34.6 Å². The van der Waals surface area contributed by atoms with Crippen LogP contribution in [0.25, 0.3) is 0 Å². The molecule has 132 valence electrons. The van der Waals surface area contributed by atoms with E-state index in [9.17, 15) is 4.79 Å². The summed E-state index contributed by atoms with van der Waals surface area (Å²) in [5, 5.41) is 0. The largest absolute Gasteiger partial charge is 0.458 e. The fourth-order valence-corrected chi connectivity index (χ4v) is 3.23. The van der Waals surface area contributed by atoms with E-state index < -0.39 is 5.60 Å². The van der Waals surface area contributed by atoms with Crippen LogP contribution in [-0.2, 0) is 9.53 Å². The monoisotopic (exact) mass is 313 g/mol. The highest BCUT2D eigenvalue weighted by molar-refractivity contribution is 5.75. The SMILES string of the molecule is CCC(C)(C)CC(C)(CC)CC(C)(C)OC(=O)C(C)N(C)C. The fourth-order valence-electron chi connectivity index (χ4n) is 3.23.